The van der Waals surface area contributed by atoms with Crippen molar-refractivity contribution in [2.75, 3.05) is 13.1 Å². The predicted octanol–water partition coefficient (Wildman–Crippen LogP) is 2.54. The van der Waals surface area contributed by atoms with Gasteiger partial charge >= 0.3 is 0 Å². The van der Waals surface area contributed by atoms with Gasteiger partial charge in [0.1, 0.15) is 0 Å². The molecule has 1 aromatic rings. The topological polar surface area (TPSA) is 42.2 Å². The van der Waals surface area contributed by atoms with E-state index in [0.29, 0.717) is 17.9 Å². The molecule has 1 fully saturated rings. The molecule has 1 aliphatic heterocycles. The standard InChI is InChI=1S/C13H23N3S.ClH/c1-9(2)4-13-15-5-11(17-13)7-16-6-10(3)12(14)8-16;/h5,9-10,12H,4,6-8,14H2,1-3H3;1H. The highest BCUT2D eigenvalue weighted by molar-refractivity contribution is 7.11. The number of thiazole rings is 1. The zero-order valence-corrected chi connectivity index (χ0v) is 13.1. The fourth-order valence-electron chi connectivity index (χ4n) is 2.31. The second-order valence-corrected chi connectivity index (χ2v) is 6.85. The lowest BCUT2D eigenvalue weighted by Gasteiger charge is -2.12. The summed E-state index contributed by atoms with van der Waals surface area (Å²) in [6.45, 7) is 9.89. The molecule has 2 N–H and O–H groups in total. The smallest absolute Gasteiger partial charge is 0.0930 e. The minimum Gasteiger partial charge on any atom is -0.326 e. The zero-order chi connectivity index (χ0) is 12.4. The summed E-state index contributed by atoms with van der Waals surface area (Å²) in [4.78, 5) is 8.32. The predicted molar refractivity (Wildman–Crippen MR) is 80.3 cm³/mol. The first-order valence-electron chi connectivity index (χ1n) is 6.46. The fraction of sp³-hybridized carbons (Fsp3) is 0.769. The van der Waals surface area contributed by atoms with Gasteiger partial charge in [0.15, 0.2) is 0 Å². The van der Waals surface area contributed by atoms with Crippen molar-refractivity contribution in [1.82, 2.24) is 9.88 Å². The van der Waals surface area contributed by atoms with E-state index in [2.05, 4.69) is 30.7 Å². The second kappa shape index (κ2) is 6.85. The maximum absolute atomic E-state index is 6.04. The third-order valence-electron chi connectivity index (χ3n) is 3.31. The molecule has 1 aromatic heterocycles. The van der Waals surface area contributed by atoms with E-state index in [4.69, 9.17) is 5.73 Å². The van der Waals surface area contributed by atoms with Crippen LogP contribution in [0.4, 0.5) is 0 Å². The number of rotatable bonds is 4. The molecule has 2 heterocycles. The Hall–Kier alpha value is -0.160. The summed E-state index contributed by atoms with van der Waals surface area (Å²) in [6, 6.07) is 0.345. The van der Waals surface area contributed by atoms with Gasteiger partial charge in [-0.1, -0.05) is 20.8 Å². The highest BCUT2D eigenvalue weighted by atomic mass is 35.5. The third-order valence-corrected chi connectivity index (χ3v) is 4.31. The summed E-state index contributed by atoms with van der Waals surface area (Å²) in [6.07, 6.45) is 3.14. The number of likely N-dealkylation sites (tertiary alicyclic amines) is 1. The molecular formula is C13H24ClN3S. The summed E-state index contributed by atoms with van der Waals surface area (Å²) >= 11 is 1.86. The molecule has 0 spiro atoms. The van der Waals surface area contributed by atoms with Crippen molar-refractivity contribution in [3.8, 4) is 0 Å². The van der Waals surface area contributed by atoms with Gasteiger partial charge in [0, 0.05) is 43.2 Å². The van der Waals surface area contributed by atoms with Gasteiger partial charge in [-0.15, -0.1) is 23.7 Å². The van der Waals surface area contributed by atoms with Crippen LogP contribution in [0.2, 0.25) is 0 Å². The third kappa shape index (κ3) is 4.19. The Labute approximate surface area is 120 Å². The van der Waals surface area contributed by atoms with Crippen LogP contribution in [0.25, 0.3) is 0 Å². The molecule has 2 atom stereocenters. The maximum Gasteiger partial charge on any atom is 0.0930 e. The Kier molecular flexibility index (Phi) is 6.05. The Balaban J connectivity index is 0.00000162. The minimum atomic E-state index is 0. The molecule has 5 heteroatoms. The van der Waals surface area contributed by atoms with Crippen LogP contribution in [0.3, 0.4) is 0 Å². The quantitative estimate of drug-likeness (QED) is 0.926. The minimum absolute atomic E-state index is 0. The Morgan fingerprint density at radius 2 is 2.22 bits per heavy atom. The molecule has 2 unspecified atom stereocenters. The molecule has 0 amide bonds. The molecule has 104 valence electrons. The maximum atomic E-state index is 6.04. The second-order valence-electron chi connectivity index (χ2n) is 5.65. The van der Waals surface area contributed by atoms with Gasteiger partial charge in [-0.25, -0.2) is 4.98 Å². The first-order valence-corrected chi connectivity index (χ1v) is 7.27. The SMILES string of the molecule is CC(C)Cc1ncc(CN2CC(C)C(N)C2)s1.Cl. The van der Waals surface area contributed by atoms with Gasteiger partial charge < -0.3 is 5.73 Å². The molecule has 1 saturated heterocycles. The van der Waals surface area contributed by atoms with E-state index in [1.54, 1.807) is 0 Å². The average Bonchev–Trinajstić information content (AvgIpc) is 2.75. The Morgan fingerprint density at radius 3 is 2.78 bits per heavy atom. The van der Waals surface area contributed by atoms with Crippen molar-refractivity contribution in [2.45, 2.75) is 39.8 Å². The highest BCUT2D eigenvalue weighted by Crippen LogP contribution is 2.21. The van der Waals surface area contributed by atoms with E-state index >= 15 is 0 Å². The van der Waals surface area contributed by atoms with Crippen molar-refractivity contribution < 1.29 is 0 Å². The van der Waals surface area contributed by atoms with Crippen LogP contribution >= 0.6 is 23.7 Å². The van der Waals surface area contributed by atoms with Crippen LogP contribution in [-0.4, -0.2) is 29.0 Å². The van der Waals surface area contributed by atoms with Crippen molar-refractivity contribution in [1.29, 1.82) is 0 Å². The molecule has 0 aromatic carbocycles. The summed E-state index contributed by atoms with van der Waals surface area (Å²) in [5, 5.41) is 1.27. The summed E-state index contributed by atoms with van der Waals surface area (Å²) in [5.41, 5.74) is 6.04. The first kappa shape index (κ1) is 15.9. The normalized spacial score (nSPS) is 24.5. The van der Waals surface area contributed by atoms with E-state index in [9.17, 15) is 0 Å². The van der Waals surface area contributed by atoms with Gasteiger partial charge in [0.05, 0.1) is 5.01 Å². The lowest BCUT2D eigenvalue weighted by molar-refractivity contribution is 0.321. The summed E-state index contributed by atoms with van der Waals surface area (Å²) < 4.78 is 0. The van der Waals surface area contributed by atoms with Crippen LogP contribution in [0.5, 0.6) is 0 Å². The summed E-state index contributed by atoms with van der Waals surface area (Å²) in [7, 11) is 0. The van der Waals surface area contributed by atoms with Gasteiger partial charge in [-0.05, 0) is 11.8 Å². The van der Waals surface area contributed by atoms with Crippen LogP contribution in [0.15, 0.2) is 6.20 Å². The lowest BCUT2D eigenvalue weighted by Crippen LogP contribution is -2.28. The fourth-order valence-corrected chi connectivity index (χ4v) is 3.49. The first-order chi connectivity index (χ1) is 8.04. The number of halogens is 1. The molecule has 2 rings (SSSR count). The Morgan fingerprint density at radius 1 is 1.50 bits per heavy atom. The van der Waals surface area contributed by atoms with Gasteiger partial charge in [0.2, 0.25) is 0 Å². The molecule has 3 nitrogen and oxygen atoms in total. The van der Waals surface area contributed by atoms with E-state index in [1.165, 1.54) is 9.88 Å². The van der Waals surface area contributed by atoms with Crippen molar-refractivity contribution in [3.63, 3.8) is 0 Å². The van der Waals surface area contributed by atoms with Gasteiger partial charge in [-0.2, -0.15) is 0 Å². The van der Waals surface area contributed by atoms with Crippen molar-refractivity contribution in [2.24, 2.45) is 17.6 Å². The van der Waals surface area contributed by atoms with Crippen molar-refractivity contribution in [3.05, 3.63) is 16.1 Å². The van der Waals surface area contributed by atoms with Gasteiger partial charge in [0.25, 0.3) is 0 Å². The van der Waals surface area contributed by atoms with Crippen LogP contribution < -0.4 is 5.73 Å². The van der Waals surface area contributed by atoms with E-state index in [1.807, 2.05) is 17.5 Å². The monoisotopic (exact) mass is 289 g/mol. The van der Waals surface area contributed by atoms with Crippen LogP contribution in [-0.2, 0) is 13.0 Å². The number of aromatic nitrogens is 1. The molecule has 0 bridgehead atoms. The molecule has 1 aliphatic rings. The largest absolute Gasteiger partial charge is 0.326 e. The number of hydrogen-bond donors (Lipinski definition) is 1. The van der Waals surface area contributed by atoms with Gasteiger partial charge in [-0.3, -0.25) is 4.90 Å². The number of hydrogen-bond acceptors (Lipinski definition) is 4. The van der Waals surface area contributed by atoms with Crippen molar-refractivity contribution >= 4 is 23.7 Å². The zero-order valence-electron chi connectivity index (χ0n) is 11.4. The average molecular weight is 290 g/mol. The number of nitrogens with zero attached hydrogens (tertiary/aromatic N) is 2. The Bertz CT molecular complexity index is 357. The number of nitrogens with two attached hydrogens (primary N) is 1. The van der Waals surface area contributed by atoms with E-state index in [-0.39, 0.29) is 12.4 Å². The molecule has 0 radical (unpaired) electrons. The molecular weight excluding hydrogens is 266 g/mol. The van der Waals surface area contributed by atoms with E-state index < -0.39 is 0 Å². The van der Waals surface area contributed by atoms with E-state index in [0.717, 1.165) is 26.1 Å². The molecule has 0 saturated carbocycles. The molecule has 18 heavy (non-hydrogen) atoms. The molecule has 0 aliphatic carbocycles. The summed E-state index contributed by atoms with van der Waals surface area (Å²) in [5.74, 6) is 1.31. The van der Waals surface area contributed by atoms with Crippen LogP contribution in [0, 0.1) is 11.8 Å². The lowest BCUT2D eigenvalue weighted by atomic mass is 10.1. The highest BCUT2D eigenvalue weighted by Gasteiger charge is 2.26. The van der Waals surface area contributed by atoms with Crippen LogP contribution in [0.1, 0.15) is 30.7 Å².